The molecule has 4 nitrogen and oxygen atoms in total. The second-order valence-electron chi connectivity index (χ2n) is 4.86. The molecule has 1 fully saturated rings. The molecular formula is C15H20BrNO3. The molecule has 110 valence electrons. The van der Waals surface area contributed by atoms with Crippen molar-refractivity contribution in [1.82, 2.24) is 5.32 Å². The van der Waals surface area contributed by atoms with Crippen LogP contribution in [-0.2, 0) is 20.9 Å². The van der Waals surface area contributed by atoms with Crippen molar-refractivity contribution in [3.8, 4) is 0 Å². The van der Waals surface area contributed by atoms with Gasteiger partial charge in [0.2, 0.25) is 0 Å². The van der Waals surface area contributed by atoms with E-state index in [1.54, 1.807) is 0 Å². The summed E-state index contributed by atoms with van der Waals surface area (Å²) >= 11 is 3.39. The van der Waals surface area contributed by atoms with E-state index in [0.717, 1.165) is 36.0 Å². The molecule has 2 rings (SSSR count). The van der Waals surface area contributed by atoms with Gasteiger partial charge in [-0.25, -0.2) is 0 Å². The smallest absolute Gasteiger partial charge is 0.308 e. The third-order valence-electron chi connectivity index (χ3n) is 3.23. The molecule has 20 heavy (non-hydrogen) atoms. The quantitative estimate of drug-likeness (QED) is 0.808. The lowest BCUT2D eigenvalue weighted by Crippen LogP contribution is -2.32. The molecular weight excluding hydrogens is 322 g/mol. The molecule has 5 heteroatoms. The summed E-state index contributed by atoms with van der Waals surface area (Å²) in [6.45, 7) is 2.75. The first-order valence-electron chi connectivity index (χ1n) is 6.96. The van der Waals surface area contributed by atoms with Crippen LogP contribution in [-0.4, -0.2) is 31.8 Å². The van der Waals surface area contributed by atoms with Gasteiger partial charge in [0.05, 0.1) is 19.1 Å². The van der Waals surface area contributed by atoms with Crippen LogP contribution in [0.15, 0.2) is 28.7 Å². The number of hydrogen-bond acceptors (Lipinski definition) is 4. The Bertz CT molecular complexity index is 433. The number of halogens is 1. The second-order valence-corrected chi connectivity index (χ2v) is 5.78. The molecule has 0 aliphatic carbocycles. The van der Waals surface area contributed by atoms with Crippen molar-refractivity contribution in [2.45, 2.75) is 32.0 Å². The molecule has 1 aliphatic heterocycles. The van der Waals surface area contributed by atoms with Crippen LogP contribution in [0, 0.1) is 0 Å². The van der Waals surface area contributed by atoms with Crippen molar-refractivity contribution < 1.29 is 14.3 Å². The van der Waals surface area contributed by atoms with Gasteiger partial charge in [-0.3, -0.25) is 4.79 Å². The molecule has 0 spiro atoms. The van der Waals surface area contributed by atoms with Crippen LogP contribution in [0.5, 0.6) is 0 Å². The summed E-state index contributed by atoms with van der Waals surface area (Å²) in [5.74, 6) is -0.209. The summed E-state index contributed by atoms with van der Waals surface area (Å²) in [7, 11) is 0. The van der Waals surface area contributed by atoms with Gasteiger partial charge in [-0.2, -0.15) is 0 Å². The van der Waals surface area contributed by atoms with Crippen molar-refractivity contribution in [3.63, 3.8) is 0 Å². The van der Waals surface area contributed by atoms with Crippen molar-refractivity contribution >= 4 is 21.9 Å². The molecule has 1 aliphatic rings. The molecule has 0 saturated carbocycles. The minimum Gasteiger partial charge on any atom is -0.461 e. The Morgan fingerprint density at radius 1 is 1.35 bits per heavy atom. The predicted molar refractivity (Wildman–Crippen MR) is 80.4 cm³/mol. The van der Waals surface area contributed by atoms with Gasteiger partial charge in [-0.05, 0) is 43.6 Å². The van der Waals surface area contributed by atoms with Gasteiger partial charge >= 0.3 is 5.97 Å². The van der Waals surface area contributed by atoms with E-state index in [-0.39, 0.29) is 12.1 Å². The van der Waals surface area contributed by atoms with Gasteiger partial charge in [-0.15, -0.1) is 0 Å². The predicted octanol–water partition coefficient (Wildman–Crippen LogP) is 2.65. The van der Waals surface area contributed by atoms with Crippen LogP contribution in [0.4, 0.5) is 0 Å². The van der Waals surface area contributed by atoms with E-state index in [0.29, 0.717) is 19.6 Å². The molecule has 1 N–H and O–H groups in total. The minimum atomic E-state index is -0.209. The molecule has 1 heterocycles. The Labute approximate surface area is 128 Å². The average molecular weight is 342 g/mol. The summed E-state index contributed by atoms with van der Waals surface area (Å²) in [6.07, 6.45) is 2.65. The van der Waals surface area contributed by atoms with Crippen molar-refractivity contribution in [3.05, 3.63) is 34.3 Å². The van der Waals surface area contributed by atoms with Gasteiger partial charge in [0.25, 0.3) is 0 Å². The lowest BCUT2D eigenvalue weighted by atomic mass is 10.1. The summed E-state index contributed by atoms with van der Waals surface area (Å²) in [5, 5.41) is 3.28. The molecule has 0 amide bonds. The van der Waals surface area contributed by atoms with Crippen LogP contribution in [0.3, 0.4) is 0 Å². The highest BCUT2D eigenvalue weighted by atomic mass is 79.9. The maximum Gasteiger partial charge on any atom is 0.308 e. The molecule has 1 aromatic rings. The highest BCUT2D eigenvalue weighted by Gasteiger charge is 2.13. The van der Waals surface area contributed by atoms with E-state index < -0.39 is 0 Å². The molecule has 0 aromatic heterocycles. The van der Waals surface area contributed by atoms with Gasteiger partial charge < -0.3 is 14.8 Å². The molecule has 0 unspecified atom stereocenters. The largest absolute Gasteiger partial charge is 0.461 e. The first kappa shape index (κ1) is 15.5. The van der Waals surface area contributed by atoms with Crippen molar-refractivity contribution in [1.29, 1.82) is 0 Å². The normalized spacial score (nSPS) is 16.1. The lowest BCUT2D eigenvalue weighted by molar-refractivity contribution is -0.146. The summed E-state index contributed by atoms with van der Waals surface area (Å²) in [5.41, 5.74) is 0.979. The zero-order valence-electron chi connectivity index (χ0n) is 11.4. The number of rotatable bonds is 6. The fraction of sp³-hybridized carbons (Fsp3) is 0.533. The zero-order valence-corrected chi connectivity index (χ0v) is 13.0. The molecule has 0 atom stereocenters. The van der Waals surface area contributed by atoms with E-state index >= 15 is 0 Å². The fourth-order valence-corrected chi connectivity index (χ4v) is 2.58. The van der Waals surface area contributed by atoms with Crippen LogP contribution >= 0.6 is 15.9 Å². The van der Waals surface area contributed by atoms with Crippen LogP contribution in [0.25, 0.3) is 0 Å². The maximum absolute atomic E-state index is 11.6. The number of esters is 1. The summed E-state index contributed by atoms with van der Waals surface area (Å²) in [4.78, 5) is 11.6. The zero-order chi connectivity index (χ0) is 14.2. The molecule has 0 radical (unpaired) electrons. The fourth-order valence-electron chi connectivity index (χ4n) is 2.13. The Morgan fingerprint density at radius 3 is 2.90 bits per heavy atom. The summed E-state index contributed by atoms with van der Waals surface area (Å²) in [6, 6.07) is 7.74. The number of benzene rings is 1. The standard InChI is InChI=1S/C15H20BrNO3/c16-13-3-1-2-12(10-13)11-20-15(18)6-9-19-14-4-7-17-8-5-14/h1-3,10,14,17H,4-9,11H2. The lowest BCUT2D eigenvalue weighted by Gasteiger charge is -2.22. The van der Waals surface area contributed by atoms with Crippen LogP contribution in [0.2, 0.25) is 0 Å². The number of carbonyl (C=O) groups excluding carboxylic acids is 1. The minimum absolute atomic E-state index is 0.209. The maximum atomic E-state index is 11.6. The highest BCUT2D eigenvalue weighted by Crippen LogP contribution is 2.13. The summed E-state index contributed by atoms with van der Waals surface area (Å²) < 4.78 is 11.9. The van der Waals surface area contributed by atoms with E-state index in [4.69, 9.17) is 9.47 Å². The molecule has 1 aromatic carbocycles. The van der Waals surface area contributed by atoms with E-state index in [9.17, 15) is 4.79 Å². The third-order valence-corrected chi connectivity index (χ3v) is 3.73. The number of carbonyl (C=O) groups is 1. The Hall–Kier alpha value is -0.910. The Morgan fingerprint density at radius 2 is 2.15 bits per heavy atom. The Kier molecular flexibility index (Phi) is 6.50. The second kappa shape index (κ2) is 8.39. The molecule has 1 saturated heterocycles. The monoisotopic (exact) mass is 341 g/mol. The average Bonchev–Trinajstić information content (AvgIpc) is 2.46. The van der Waals surface area contributed by atoms with E-state index in [2.05, 4.69) is 21.2 Å². The Balaban J connectivity index is 1.60. The van der Waals surface area contributed by atoms with E-state index in [1.165, 1.54) is 0 Å². The first-order valence-corrected chi connectivity index (χ1v) is 7.76. The first-order chi connectivity index (χ1) is 9.74. The van der Waals surface area contributed by atoms with Crippen molar-refractivity contribution in [2.75, 3.05) is 19.7 Å². The number of hydrogen-bond donors (Lipinski definition) is 1. The van der Waals surface area contributed by atoms with Gasteiger partial charge in [0, 0.05) is 4.47 Å². The number of ether oxygens (including phenoxy) is 2. The van der Waals surface area contributed by atoms with Gasteiger partial charge in [0.15, 0.2) is 0 Å². The third kappa shape index (κ3) is 5.61. The van der Waals surface area contributed by atoms with Gasteiger partial charge in [-0.1, -0.05) is 28.1 Å². The van der Waals surface area contributed by atoms with Crippen LogP contribution < -0.4 is 5.32 Å². The van der Waals surface area contributed by atoms with Crippen LogP contribution in [0.1, 0.15) is 24.8 Å². The molecule has 0 bridgehead atoms. The SMILES string of the molecule is O=C(CCOC1CCNCC1)OCc1cccc(Br)c1. The van der Waals surface area contributed by atoms with Crippen molar-refractivity contribution in [2.24, 2.45) is 0 Å². The van der Waals surface area contributed by atoms with E-state index in [1.807, 2.05) is 24.3 Å². The van der Waals surface area contributed by atoms with Gasteiger partial charge in [0.1, 0.15) is 6.61 Å². The number of piperidine rings is 1. The topological polar surface area (TPSA) is 47.6 Å². The highest BCUT2D eigenvalue weighted by molar-refractivity contribution is 9.10. The number of nitrogens with one attached hydrogen (secondary N) is 1.